The molecule has 1 aromatic heterocycles. The maximum absolute atomic E-state index is 12.6. The van der Waals surface area contributed by atoms with Crippen molar-refractivity contribution in [3.63, 3.8) is 0 Å². The molecular formula is C34H36N2O8S. The van der Waals surface area contributed by atoms with Crippen molar-refractivity contribution in [2.45, 2.75) is 37.4 Å². The van der Waals surface area contributed by atoms with Gasteiger partial charge in [-0.1, -0.05) is 66.4 Å². The molecule has 1 aliphatic heterocycles. The van der Waals surface area contributed by atoms with Crippen LogP contribution in [-0.2, 0) is 19.9 Å². The van der Waals surface area contributed by atoms with Gasteiger partial charge in [-0.05, 0) is 47.4 Å². The summed E-state index contributed by atoms with van der Waals surface area (Å²) in [6, 6.07) is 26.5. The lowest BCUT2D eigenvalue weighted by atomic mass is 9.80. The minimum Gasteiger partial charge on any atom is -0.497 e. The molecule has 5 rings (SSSR count). The number of aliphatic hydroxyl groups excluding tert-OH is 1. The molecule has 10 nitrogen and oxygen atoms in total. The van der Waals surface area contributed by atoms with E-state index in [9.17, 15) is 19.5 Å². The van der Waals surface area contributed by atoms with E-state index in [1.807, 2.05) is 78.9 Å². The van der Waals surface area contributed by atoms with Gasteiger partial charge in [0.2, 0.25) is 0 Å². The lowest BCUT2D eigenvalue weighted by Crippen LogP contribution is -2.36. The third-order valence-electron chi connectivity index (χ3n) is 8.02. The van der Waals surface area contributed by atoms with E-state index >= 15 is 0 Å². The Kier molecular flexibility index (Phi) is 10.2. The molecule has 2 heterocycles. The van der Waals surface area contributed by atoms with Gasteiger partial charge in [-0.3, -0.25) is 19.1 Å². The first kappa shape index (κ1) is 32.2. The summed E-state index contributed by atoms with van der Waals surface area (Å²) in [5.41, 5.74) is 0.349. The predicted molar refractivity (Wildman–Crippen MR) is 171 cm³/mol. The third kappa shape index (κ3) is 6.91. The smallest absolute Gasteiger partial charge is 0.330 e. The maximum atomic E-state index is 12.6. The summed E-state index contributed by atoms with van der Waals surface area (Å²) in [6.45, 7) is 1.66. The number of aromatic amines is 1. The van der Waals surface area contributed by atoms with Crippen LogP contribution in [0.1, 0.15) is 36.3 Å². The molecule has 1 saturated heterocycles. The number of thioether (sulfide) groups is 1. The summed E-state index contributed by atoms with van der Waals surface area (Å²) in [5.74, 6) is 1.21. The molecule has 4 atom stereocenters. The maximum Gasteiger partial charge on any atom is 0.330 e. The lowest BCUT2D eigenvalue weighted by molar-refractivity contribution is -0.109. The molecule has 236 valence electrons. The first-order valence-electron chi connectivity index (χ1n) is 14.5. The van der Waals surface area contributed by atoms with Crippen LogP contribution in [0.2, 0.25) is 0 Å². The molecular weight excluding hydrogens is 596 g/mol. The van der Waals surface area contributed by atoms with Crippen molar-refractivity contribution in [2.75, 3.05) is 26.6 Å². The quantitative estimate of drug-likeness (QED) is 0.222. The van der Waals surface area contributed by atoms with Gasteiger partial charge in [0.1, 0.15) is 23.2 Å². The highest BCUT2D eigenvalue weighted by atomic mass is 32.2. The fourth-order valence-corrected chi connectivity index (χ4v) is 6.59. The minimum atomic E-state index is -1.10. The predicted octanol–water partition coefficient (Wildman–Crippen LogP) is 4.11. The van der Waals surface area contributed by atoms with Gasteiger partial charge in [-0.15, -0.1) is 0 Å². The fraction of sp³-hybridized carbons (Fsp3) is 0.324. The second-order valence-electron chi connectivity index (χ2n) is 10.7. The molecule has 1 fully saturated rings. The standard InChI is InChI=1S/C34H36N2O8S/c1-22(37)45-21-28-29(44-32(31(28)39)36-19-17-30(38)35-33(36)40)18-20-43-34(23-7-5-4-6-8-23,24-9-13-26(41-2)14-10-24)25-11-15-27(42-3)16-12-25/h4-17,19,28-29,31-32,39H,18,20-21H2,1-3H3,(H,35,38,40)/t28-,29-,31-,32-/m1/s1. The van der Waals surface area contributed by atoms with E-state index < -0.39 is 41.2 Å². The number of rotatable bonds is 12. The number of nitrogens with one attached hydrogen (secondary N) is 1. The van der Waals surface area contributed by atoms with Crippen LogP contribution in [0, 0.1) is 5.92 Å². The summed E-state index contributed by atoms with van der Waals surface area (Å²) >= 11 is 1.09. The molecule has 0 bridgehead atoms. The van der Waals surface area contributed by atoms with Gasteiger partial charge >= 0.3 is 5.69 Å². The fourth-order valence-electron chi connectivity index (χ4n) is 5.75. The first-order valence-corrected chi connectivity index (χ1v) is 15.5. The number of carbonyl (C=O) groups is 1. The molecule has 0 radical (unpaired) electrons. The van der Waals surface area contributed by atoms with Crippen LogP contribution in [-0.4, -0.2) is 58.6 Å². The van der Waals surface area contributed by atoms with Crippen molar-refractivity contribution in [2.24, 2.45) is 5.92 Å². The van der Waals surface area contributed by atoms with E-state index in [4.69, 9.17) is 18.9 Å². The van der Waals surface area contributed by atoms with E-state index in [0.29, 0.717) is 17.9 Å². The number of aliphatic hydroxyl groups is 1. The number of carbonyl (C=O) groups excluding carboxylic acids is 1. The zero-order chi connectivity index (χ0) is 32.0. The molecule has 2 N–H and O–H groups in total. The number of methoxy groups -OCH3 is 2. The Morgan fingerprint density at radius 1 is 0.911 bits per heavy atom. The molecule has 45 heavy (non-hydrogen) atoms. The Balaban J connectivity index is 1.50. The van der Waals surface area contributed by atoms with Gasteiger partial charge in [0, 0.05) is 30.9 Å². The molecule has 4 aromatic rings. The van der Waals surface area contributed by atoms with Gasteiger partial charge in [0.15, 0.2) is 11.3 Å². The largest absolute Gasteiger partial charge is 0.497 e. The normalized spacial score (nSPS) is 19.7. The number of hydrogen-bond acceptors (Lipinski definition) is 9. The van der Waals surface area contributed by atoms with Crippen molar-refractivity contribution in [1.82, 2.24) is 9.55 Å². The molecule has 11 heteroatoms. The zero-order valence-corrected chi connectivity index (χ0v) is 26.1. The Morgan fingerprint density at radius 2 is 1.49 bits per heavy atom. The van der Waals surface area contributed by atoms with E-state index in [1.54, 1.807) is 14.2 Å². The lowest BCUT2D eigenvalue weighted by Gasteiger charge is -2.36. The Labute approximate surface area is 264 Å². The highest BCUT2D eigenvalue weighted by molar-refractivity contribution is 8.13. The van der Waals surface area contributed by atoms with Crippen LogP contribution in [0.25, 0.3) is 0 Å². The van der Waals surface area contributed by atoms with Crippen LogP contribution in [0.3, 0.4) is 0 Å². The number of hydrogen-bond donors (Lipinski definition) is 2. The van der Waals surface area contributed by atoms with E-state index in [-0.39, 0.29) is 17.5 Å². The second kappa shape index (κ2) is 14.3. The molecule has 0 amide bonds. The van der Waals surface area contributed by atoms with Crippen LogP contribution in [0.15, 0.2) is 101 Å². The van der Waals surface area contributed by atoms with E-state index in [1.165, 1.54) is 23.8 Å². The number of nitrogens with zero attached hydrogens (tertiary/aromatic N) is 1. The van der Waals surface area contributed by atoms with Gasteiger partial charge in [0.05, 0.1) is 26.9 Å². The molecule has 0 unspecified atom stereocenters. The van der Waals surface area contributed by atoms with Crippen molar-refractivity contribution < 1.29 is 28.8 Å². The van der Waals surface area contributed by atoms with Gasteiger partial charge in [-0.2, -0.15) is 0 Å². The highest BCUT2D eigenvalue weighted by Crippen LogP contribution is 2.43. The summed E-state index contributed by atoms with van der Waals surface area (Å²) in [5, 5.41) is 11.2. The number of ether oxygens (including phenoxy) is 4. The molecule has 0 spiro atoms. The van der Waals surface area contributed by atoms with E-state index in [0.717, 1.165) is 28.5 Å². The average Bonchev–Trinajstić information content (AvgIpc) is 3.36. The molecule has 1 aliphatic rings. The molecule has 0 saturated carbocycles. The van der Waals surface area contributed by atoms with Crippen molar-refractivity contribution >= 4 is 16.9 Å². The third-order valence-corrected chi connectivity index (χ3v) is 8.98. The first-order chi connectivity index (χ1) is 21.8. The van der Waals surface area contributed by atoms with E-state index in [2.05, 4.69) is 4.98 Å². The summed E-state index contributed by atoms with van der Waals surface area (Å²) in [7, 11) is 3.23. The summed E-state index contributed by atoms with van der Waals surface area (Å²) in [4.78, 5) is 38.3. The topological polar surface area (TPSA) is 129 Å². The second-order valence-corrected chi connectivity index (χ2v) is 11.9. The van der Waals surface area contributed by atoms with Crippen LogP contribution in [0.4, 0.5) is 0 Å². The Bertz CT molecular complexity index is 1640. The van der Waals surface area contributed by atoms with Crippen molar-refractivity contribution in [3.05, 3.63) is 129 Å². The van der Waals surface area contributed by atoms with Gasteiger partial charge in [-0.25, -0.2) is 4.79 Å². The van der Waals surface area contributed by atoms with Crippen LogP contribution < -0.4 is 20.7 Å². The van der Waals surface area contributed by atoms with Gasteiger partial charge in [0.25, 0.3) is 5.56 Å². The number of H-pyrrole nitrogens is 1. The summed E-state index contributed by atoms with van der Waals surface area (Å²) < 4.78 is 25.2. The zero-order valence-electron chi connectivity index (χ0n) is 25.3. The van der Waals surface area contributed by atoms with Crippen molar-refractivity contribution in [3.8, 4) is 11.5 Å². The SMILES string of the molecule is COc1ccc(C(OCC[C@H]2O[C@@H](n3ccc(=O)[nH]c3=O)[C@H](O)[C@@H]2CSC(C)=O)(c2ccccc2)c2ccc(OC)cc2)cc1. The van der Waals surface area contributed by atoms with Crippen LogP contribution in [0.5, 0.6) is 11.5 Å². The number of benzene rings is 3. The highest BCUT2D eigenvalue weighted by Gasteiger charge is 2.45. The Hall–Kier alpha value is -4.16. The van der Waals surface area contributed by atoms with Crippen LogP contribution >= 0.6 is 11.8 Å². The Morgan fingerprint density at radius 3 is 2.02 bits per heavy atom. The average molecular weight is 633 g/mol. The number of aromatic nitrogens is 2. The van der Waals surface area contributed by atoms with Crippen molar-refractivity contribution in [1.29, 1.82) is 0 Å². The minimum absolute atomic E-state index is 0.0936. The molecule has 0 aliphatic carbocycles. The van der Waals surface area contributed by atoms with Gasteiger partial charge < -0.3 is 24.1 Å². The monoisotopic (exact) mass is 632 g/mol. The molecule has 3 aromatic carbocycles. The summed E-state index contributed by atoms with van der Waals surface area (Å²) in [6.07, 6.45) is -1.06.